The standard InChI is InChI=1S/C21H23NO4/c23-20(22-17-9-5-2-6-10-17)16-11-13-18(14-12-16)26-19(21(24)25)15-7-3-1-4-8-15/h1,3-4,7-8,11-14,17,19H,2,5-6,9-10H2,(H,22,23)(H,24,25). The SMILES string of the molecule is O=C(NC1CCCCC1)c1ccc(OC(C(=O)O)c2ccccc2)cc1. The minimum Gasteiger partial charge on any atom is -0.478 e. The first-order valence-electron chi connectivity index (χ1n) is 8.99. The predicted octanol–water partition coefficient (Wildman–Crippen LogP) is 3.95. The number of amides is 1. The van der Waals surface area contributed by atoms with E-state index >= 15 is 0 Å². The van der Waals surface area contributed by atoms with Crippen molar-refractivity contribution in [3.8, 4) is 5.75 Å². The van der Waals surface area contributed by atoms with E-state index in [1.54, 1.807) is 48.5 Å². The van der Waals surface area contributed by atoms with E-state index in [1.807, 2.05) is 6.07 Å². The van der Waals surface area contributed by atoms with Gasteiger partial charge in [-0.15, -0.1) is 0 Å². The molecule has 3 rings (SSSR count). The van der Waals surface area contributed by atoms with Crippen molar-refractivity contribution in [1.82, 2.24) is 5.32 Å². The maximum atomic E-state index is 12.3. The van der Waals surface area contributed by atoms with Crippen molar-refractivity contribution >= 4 is 11.9 Å². The number of carbonyl (C=O) groups is 2. The average molecular weight is 353 g/mol. The van der Waals surface area contributed by atoms with Crippen LogP contribution in [-0.2, 0) is 4.79 Å². The summed E-state index contributed by atoms with van der Waals surface area (Å²) in [5.41, 5.74) is 1.12. The Hall–Kier alpha value is -2.82. The Labute approximate surface area is 153 Å². The summed E-state index contributed by atoms with van der Waals surface area (Å²) in [6, 6.07) is 15.6. The summed E-state index contributed by atoms with van der Waals surface area (Å²) in [5.74, 6) is -0.743. The number of carboxylic acids is 1. The number of nitrogens with one attached hydrogen (secondary N) is 1. The highest BCUT2D eigenvalue weighted by Gasteiger charge is 2.22. The fourth-order valence-electron chi connectivity index (χ4n) is 3.23. The van der Waals surface area contributed by atoms with Gasteiger partial charge in [-0.05, 0) is 37.1 Å². The second-order valence-corrected chi connectivity index (χ2v) is 6.58. The topological polar surface area (TPSA) is 75.6 Å². The van der Waals surface area contributed by atoms with Crippen molar-refractivity contribution < 1.29 is 19.4 Å². The minimum atomic E-state index is -1.09. The number of ether oxygens (including phenoxy) is 1. The van der Waals surface area contributed by atoms with Crippen LogP contribution in [0.3, 0.4) is 0 Å². The third kappa shape index (κ3) is 4.63. The number of benzene rings is 2. The first kappa shape index (κ1) is 18.0. The molecule has 0 spiro atoms. The van der Waals surface area contributed by atoms with Gasteiger partial charge in [0.1, 0.15) is 5.75 Å². The van der Waals surface area contributed by atoms with E-state index in [2.05, 4.69) is 5.32 Å². The third-order valence-electron chi connectivity index (χ3n) is 4.64. The monoisotopic (exact) mass is 353 g/mol. The average Bonchev–Trinajstić information content (AvgIpc) is 2.68. The smallest absolute Gasteiger partial charge is 0.349 e. The summed E-state index contributed by atoms with van der Waals surface area (Å²) < 4.78 is 5.62. The molecule has 1 aliphatic carbocycles. The van der Waals surface area contributed by atoms with Crippen LogP contribution < -0.4 is 10.1 Å². The molecular weight excluding hydrogens is 330 g/mol. The van der Waals surface area contributed by atoms with Crippen molar-refractivity contribution in [2.45, 2.75) is 44.2 Å². The second kappa shape index (κ2) is 8.52. The van der Waals surface area contributed by atoms with Crippen LogP contribution in [-0.4, -0.2) is 23.0 Å². The highest BCUT2D eigenvalue weighted by molar-refractivity contribution is 5.94. The van der Waals surface area contributed by atoms with Gasteiger partial charge >= 0.3 is 5.97 Å². The van der Waals surface area contributed by atoms with Gasteiger partial charge in [0.05, 0.1) is 0 Å². The molecular formula is C21H23NO4. The molecule has 0 aromatic heterocycles. The molecule has 2 aromatic carbocycles. The zero-order chi connectivity index (χ0) is 18.4. The van der Waals surface area contributed by atoms with Gasteiger partial charge in [-0.1, -0.05) is 49.6 Å². The van der Waals surface area contributed by atoms with Crippen molar-refractivity contribution in [2.75, 3.05) is 0 Å². The van der Waals surface area contributed by atoms with Gasteiger partial charge in [0, 0.05) is 17.2 Å². The molecule has 0 heterocycles. The molecule has 1 saturated carbocycles. The van der Waals surface area contributed by atoms with E-state index < -0.39 is 12.1 Å². The zero-order valence-corrected chi connectivity index (χ0v) is 14.6. The van der Waals surface area contributed by atoms with Crippen LogP contribution in [0, 0.1) is 0 Å². The fraction of sp³-hybridized carbons (Fsp3) is 0.333. The number of carboxylic acid groups (broad SMARTS) is 1. The lowest BCUT2D eigenvalue weighted by molar-refractivity contribution is -0.145. The normalized spacial score (nSPS) is 15.8. The molecule has 26 heavy (non-hydrogen) atoms. The molecule has 1 unspecified atom stereocenters. The van der Waals surface area contributed by atoms with Gasteiger partial charge in [-0.3, -0.25) is 4.79 Å². The number of carbonyl (C=O) groups excluding carboxylic acids is 1. The van der Waals surface area contributed by atoms with Gasteiger partial charge in [0.2, 0.25) is 6.10 Å². The van der Waals surface area contributed by atoms with Crippen molar-refractivity contribution in [3.63, 3.8) is 0 Å². The first-order valence-corrected chi connectivity index (χ1v) is 8.99. The summed E-state index contributed by atoms with van der Waals surface area (Å²) in [7, 11) is 0. The molecule has 2 aromatic rings. The largest absolute Gasteiger partial charge is 0.478 e. The van der Waals surface area contributed by atoms with E-state index in [1.165, 1.54) is 6.42 Å². The Kier molecular flexibility index (Phi) is 5.89. The van der Waals surface area contributed by atoms with Crippen LogP contribution in [0.5, 0.6) is 5.75 Å². The highest BCUT2D eigenvalue weighted by atomic mass is 16.5. The number of hydrogen-bond acceptors (Lipinski definition) is 3. The van der Waals surface area contributed by atoms with Gasteiger partial charge in [-0.2, -0.15) is 0 Å². The molecule has 0 bridgehead atoms. The Balaban J connectivity index is 1.64. The molecule has 1 amide bonds. The van der Waals surface area contributed by atoms with Crippen molar-refractivity contribution in [2.24, 2.45) is 0 Å². The van der Waals surface area contributed by atoms with Gasteiger partial charge in [-0.25, -0.2) is 4.79 Å². The van der Waals surface area contributed by atoms with E-state index in [-0.39, 0.29) is 11.9 Å². The molecule has 5 nitrogen and oxygen atoms in total. The minimum absolute atomic E-state index is 0.0960. The van der Waals surface area contributed by atoms with Gasteiger partial charge in [0.15, 0.2) is 0 Å². The Morgan fingerprint density at radius 1 is 0.962 bits per heavy atom. The number of hydrogen-bond donors (Lipinski definition) is 2. The Bertz CT molecular complexity index is 736. The van der Waals surface area contributed by atoms with Crippen LogP contribution >= 0.6 is 0 Å². The molecule has 5 heteroatoms. The van der Waals surface area contributed by atoms with Crippen LogP contribution in [0.4, 0.5) is 0 Å². The summed E-state index contributed by atoms with van der Waals surface area (Å²) >= 11 is 0. The third-order valence-corrected chi connectivity index (χ3v) is 4.64. The van der Waals surface area contributed by atoms with E-state index in [0.717, 1.165) is 25.7 Å². The summed E-state index contributed by atoms with van der Waals surface area (Å²) in [6.07, 6.45) is 4.54. The van der Waals surface area contributed by atoms with Crippen LogP contribution in [0.25, 0.3) is 0 Å². The Morgan fingerprint density at radius 3 is 2.23 bits per heavy atom. The number of aliphatic carboxylic acids is 1. The molecule has 0 aliphatic heterocycles. The quantitative estimate of drug-likeness (QED) is 0.824. The van der Waals surface area contributed by atoms with Crippen LogP contribution in [0.1, 0.15) is 54.1 Å². The zero-order valence-electron chi connectivity index (χ0n) is 14.6. The van der Waals surface area contributed by atoms with Crippen molar-refractivity contribution in [3.05, 3.63) is 65.7 Å². The molecule has 136 valence electrons. The van der Waals surface area contributed by atoms with Gasteiger partial charge < -0.3 is 15.2 Å². The molecule has 1 fully saturated rings. The lowest BCUT2D eigenvalue weighted by atomic mass is 9.95. The number of rotatable bonds is 6. The fourth-order valence-corrected chi connectivity index (χ4v) is 3.23. The van der Waals surface area contributed by atoms with Gasteiger partial charge in [0.25, 0.3) is 5.91 Å². The summed E-state index contributed by atoms with van der Waals surface area (Å²) in [6.45, 7) is 0. The second-order valence-electron chi connectivity index (χ2n) is 6.58. The van der Waals surface area contributed by atoms with Crippen molar-refractivity contribution in [1.29, 1.82) is 0 Å². The van der Waals surface area contributed by atoms with E-state index in [0.29, 0.717) is 16.9 Å². The van der Waals surface area contributed by atoms with E-state index in [9.17, 15) is 14.7 Å². The maximum Gasteiger partial charge on any atom is 0.349 e. The predicted molar refractivity (Wildman–Crippen MR) is 98.2 cm³/mol. The van der Waals surface area contributed by atoms with E-state index in [4.69, 9.17) is 4.74 Å². The first-order chi connectivity index (χ1) is 12.6. The maximum absolute atomic E-state index is 12.3. The molecule has 0 radical (unpaired) electrons. The molecule has 1 atom stereocenters. The van der Waals surface area contributed by atoms with Crippen LogP contribution in [0.2, 0.25) is 0 Å². The summed E-state index contributed by atoms with van der Waals surface area (Å²) in [5, 5.41) is 12.5. The highest BCUT2D eigenvalue weighted by Crippen LogP contribution is 2.23. The lowest BCUT2D eigenvalue weighted by Gasteiger charge is -2.22. The molecule has 2 N–H and O–H groups in total. The van der Waals surface area contributed by atoms with Crippen LogP contribution in [0.15, 0.2) is 54.6 Å². The molecule has 1 aliphatic rings. The summed E-state index contributed by atoms with van der Waals surface area (Å²) in [4.78, 5) is 23.8. The lowest BCUT2D eigenvalue weighted by Crippen LogP contribution is -2.36. The Morgan fingerprint density at radius 2 is 1.62 bits per heavy atom. The molecule has 0 saturated heterocycles.